The van der Waals surface area contributed by atoms with Crippen LogP contribution in [0, 0.1) is 11.7 Å². The zero-order valence-corrected chi connectivity index (χ0v) is 16.2. The molecule has 8 heteroatoms. The predicted molar refractivity (Wildman–Crippen MR) is 106 cm³/mol. The summed E-state index contributed by atoms with van der Waals surface area (Å²) in [7, 11) is 1.62. The number of halogens is 1. The second-order valence-electron chi connectivity index (χ2n) is 7.97. The molecule has 5 rings (SSSR count). The third kappa shape index (κ3) is 2.62. The standard InChI is InChI=1S/C21H22FN5O2/c1-20(15-8-16(15)29-19(24)27-20)14-7-12(22)3-4-13(14)21(28-2)9-11-5-6-25-18(23)17(11)26-10-21/h3-7,9,15-16H,8,10H2,1-2H3,(H2,23,25)(H2,24,27)/t15-,16+,20-,21?/m0/s1. The molecule has 1 saturated carbocycles. The van der Waals surface area contributed by atoms with Gasteiger partial charge in [-0.15, -0.1) is 0 Å². The van der Waals surface area contributed by atoms with Crippen molar-refractivity contribution >= 4 is 17.9 Å². The van der Waals surface area contributed by atoms with Crippen molar-refractivity contribution in [1.82, 2.24) is 4.98 Å². The SMILES string of the molecule is COC1(c2ccc(F)cc2[C@]2(C)N=C(N)O[C@@H]3C[C@@H]32)C=c2ccnc(N)c2=NC1. The average Bonchev–Trinajstić information content (AvgIpc) is 3.48. The predicted octanol–water partition coefficient (Wildman–Crippen LogP) is 0.707. The number of ether oxygens (including phenoxy) is 2. The molecule has 1 aliphatic carbocycles. The molecule has 0 amide bonds. The van der Waals surface area contributed by atoms with Crippen LogP contribution in [0.15, 0.2) is 40.4 Å². The number of hydrogen-bond acceptors (Lipinski definition) is 7. The van der Waals surface area contributed by atoms with Crippen LogP contribution in [0.2, 0.25) is 0 Å². The zero-order chi connectivity index (χ0) is 20.4. The van der Waals surface area contributed by atoms with E-state index in [1.165, 1.54) is 12.1 Å². The number of hydrogen-bond donors (Lipinski definition) is 2. The lowest BCUT2D eigenvalue weighted by atomic mass is 9.77. The van der Waals surface area contributed by atoms with Crippen molar-refractivity contribution < 1.29 is 13.9 Å². The van der Waals surface area contributed by atoms with Crippen molar-refractivity contribution in [3.05, 3.63) is 58.0 Å². The molecule has 4 N–H and O–H groups in total. The van der Waals surface area contributed by atoms with Gasteiger partial charge in [-0.05, 0) is 48.7 Å². The Morgan fingerprint density at radius 3 is 2.86 bits per heavy atom. The number of benzene rings is 1. The van der Waals surface area contributed by atoms with Crippen LogP contribution in [-0.4, -0.2) is 30.8 Å². The first-order valence-electron chi connectivity index (χ1n) is 9.52. The van der Waals surface area contributed by atoms with Crippen LogP contribution >= 0.6 is 0 Å². The second kappa shape index (κ2) is 6.00. The molecule has 2 aromatic rings. The summed E-state index contributed by atoms with van der Waals surface area (Å²) < 4.78 is 26.0. The van der Waals surface area contributed by atoms with Gasteiger partial charge in [0, 0.05) is 24.4 Å². The molecule has 1 unspecified atom stereocenters. The third-order valence-corrected chi connectivity index (χ3v) is 6.26. The lowest BCUT2D eigenvalue weighted by Crippen LogP contribution is -2.44. The van der Waals surface area contributed by atoms with Crippen molar-refractivity contribution in [3.8, 4) is 0 Å². The highest BCUT2D eigenvalue weighted by Gasteiger charge is 2.57. The molecular formula is C21H22FN5O2. The Hall–Kier alpha value is -3.00. The number of amidine groups is 1. The number of aliphatic imine (C=N–C) groups is 1. The van der Waals surface area contributed by atoms with Crippen LogP contribution < -0.4 is 22.0 Å². The molecular weight excluding hydrogens is 373 g/mol. The zero-order valence-electron chi connectivity index (χ0n) is 16.2. The number of pyridine rings is 1. The van der Waals surface area contributed by atoms with Gasteiger partial charge in [-0.3, -0.25) is 4.99 Å². The number of fused-ring (bicyclic) bond motifs is 2. The van der Waals surface area contributed by atoms with Crippen LogP contribution in [0.1, 0.15) is 24.5 Å². The van der Waals surface area contributed by atoms with E-state index in [1.54, 1.807) is 19.4 Å². The largest absolute Gasteiger partial charge is 0.462 e. The van der Waals surface area contributed by atoms with E-state index in [0.29, 0.717) is 17.7 Å². The molecule has 2 aliphatic heterocycles. The van der Waals surface area contributed by atoms with Crippen LogP contribution in [0.4, 0.5) is 10.2 Å². The molecule has 3 heterocycles. The summed E-state index contributed by atoms with van der Waals surface area (Å²) in [6, 6.07) is 6.69. The van der Waals surface area contributed by atoms with Crippen LogP contribution in [-0.2, 0) is 20.6 Å². The molecule has 0 saturated heterocycles. The molecule has 1 fully saturated rings. The van der Waals surface area contributed by atoms with E-state index in [-0.39, 0.29) is 23.9 Å². The fourth-order valence-corrected chi connectivity index (χ4v) is 4.62. The fraction of sp³-hybridized carbons (Fsp3) is 0.381. The maximum Gasteiger partial charge on any atom is 0.283 e. The molecule has 150 valence electrons. The molecule has 0 radical (unpaired) electrons. The highest BCUT2D eigenvalue weighted by Crippen LogP contribution is 2.54. The quantitative estimate of drug-likeness (QED) is 0.796. The Bertz CT molecular complexity index is 1170. The summed E-state index contributed by atoms with van der Waals surface area (Å²) in [6.45, 7) is 2.27. The topological polar surface area (TPSA) is 108 Å². The minimum Gasteiger partial charge on any atom is -0.462 e. The van der Waals surface area contributed by atoms with E-state index in [1.807, 2.05) is 19.1 Å². The third-order valence-electron chi connectivity index (χ3n) is 6.26. The van der Waals surface area contributed by atoms with Crippen molar-refractivity contribution in [3.63, 3.8) is 0 Å². The number of rotatable bonds is 3. The van der Waals surface area contributed by atoms with Gasteiger partial charge in [0.2, 0.25) is 0 Å². The maximum atomic E-state index is 14.4. The number of anilines is 1. The molecule has 1 aromatic carbocycles. The van der Waals surface area contributed by atoms with Crippen molar-refractivity contribution in [1.29, 1.82) is 0 Å². The molecule has 1 aromatic heterocycles. The summed E-state index contributed by atoms with van der Waals surface area (Å²) in [5.41, 5.74) is 11.8. The highest BCUT2D eigenvalue weighted by atomic mass is 19.1. The number of nitrogens with zero attached hydrogens (tertiary/aromatic N) is 3. The summed E-state index contributed by atoms with van der Waals surface area (Å²) in [5, 5.41) is 1.47. The average molecular weight is 395 g/mol. The van der Waals surface area contributed by atoms with Gasteiger partial charge >= 0.3 is 0 Å². The smallest absolute Gasteiger partial charge is 0.283 e. The summed E-state index contributed by atoms with van der Waals surface area (Å²) in [6.07, 6.45) is 4.45. The van der Waals surface area contributed by atoms with E-state index < -0.39 is 11.1 Å². The normalized spacial score (nSPS) is 32.0. The number of methoxy groups -OCH3 is 1. The van der Waals surface area contributed by atoms with Crippen molar-refractivity contribution in [2.45, 2.75) is 30.6 Å². The van der Waals surface area contributed by atoms with Gasteiger partial charge < -0.3 is 20.9 Å². The number of aromatic nitrogens is 1. The van der Waals surface area contributed by atoms with E-state index in [2.05, 4.69) is 15.0 Å². The Kier molecular flexibility index (Phi) is 3.73. The Morgan fingerprint density at radius 2 is 2.07 bits per heavy atom. The minimum atomic E-state index is -0.889. The molecule has 4 atom stereocenters. The minimum absolute atomic E-state index is 0.0127. The number of nitrogens with two attached hydrogens (primary N) is 2. The van der Waals surface area contributed by atoms with Gasteiger partial charge in [-0.2, -0.15) is 0 Å². The van der Waals surface area contributed by atoms with Gasteiger partial charge in [0.05, 0.1) is 12.1 Å². The summed E-state index contributed by atoms with van der Waals surface area (Å²) in [5.74, 6) is 0.171. The monoisotopic (exact) mass is 395 g/mol. The number of nitrogen functional groups attached to an aromatic ring is 1. The first-order chi connectivity index (χ1) is 13.9. The van der Waals surface area contributed by atoms with E-state index in [4.69, 9.17) is 20.9 Å². The molecule has 0 bridgehead atoms. The summed E-state index contributed by atoms with van der Waals surface area (Å²) >= 11 is 0. The van der Waals surface area contributed by atoms with Crippen molar-refractivity contribution in [2.24, 2.45) is 21.6 Å². The second-order valence-corrected chi connectivity index (χ2v) is 7.97. The molecule has 3 aliphatic rings. The first-order valence-corrected chi connectivity index (χ1v) is 9.52. The van der Waals surface area contributed by atoms with Crippen LogP contribution in [0.5, 0.6) is 0 Å². The Balaban J connectivity index is 1.74. The van der Waals surface area contributed by atoms with Gasteiger partial charge in [-0.25, -0.2) is 14.4 Å². The highest BCUT2D eigenvalue weighted by molar-refractivity contribution is 5.74. The lowest BCUT2D eigenvalue weighted by molar-refractivity contribution is 0.0472. The maximum absolute atomic E-state index is 14.4. The van der Waals surface area contributed by atoms with Gasteiger partial charge in [0.25, 0.3) is 6.02 Å². The van der Waals surface area contributed by atoms with E-state index in [0.717, 1.165) is 22.8 Å². The van der Waals surface area contributed by atoms with E-state index >= 15 is 0 Å². The Labute approximate surface area is 167 Å². The summed E-state index contributed by atoms with van der Waals surface area (Å²) in [4.78, 5) is 13.4. The van der Waals surface area contributed by atoms with Gasteiger partial charge in [0.1, 0.15) is 28.7 Å². The lowest BCUT2D eigenvalue weighted by Gasteiger charge is -2.37. The van der Waals surface area contributed by atoms with Crippen LogP contribution in [0.25, 0.3) is 6.08 Å². The molecule has 7 nitrogen and oxygen atoms in total. The van der Waals surface area contributed by atoms with Gasteiger partial charge in [0.15, 0.2) is 0 Å². The molecule has 29 heavy (non-hydrogen) atoms. The Morgan fingerprint density at radius 1 is 1.24 bits per heavy atom. The fourth-order valence-electron chi connectivity index (χ4n) is 4.62. The van der Waals surface area contributed by atoms with E-state index in [9.17, 15) is 4.39 Å². The van der Waals surface area contributed by atoms with Crippen LogP contribution in [0.3, 0.4) is 0 Å². The molecule has 0 spiro atoms. The first kappa shape index (κ1) is 18.1. The van der Waals surface area contributed by atoms with Gasteiger partial charge in [-0.1, -0.05) is 6.07 Å². The van der Waals surface area contributed by atoms with Crippen molar-refractivity contribution in [2.75, 3.05) is 19.4 Å².